The van der Waals surface area contributed by atoms with Crippen molar-refractivity contribution in [1.29, 1.82) is 0 Å². The zero-order valence-electron chi connectivity index (χ0n) is 10.3. The average molecular weight is 298 g/mol. The Morgan fingerprint density at radius 1 is 1.53 bits per heavy atom. The van der Waals surface area contributed by atoms with E-state index < -0.39 is 0 Å². The van der Waals surface area contributed by atoms with Crippen molar-refractivity contribution in [3.05, 3.63) is 28.5 Å². The maximum Gasteiger partial charge on any atom is 0.106 e. The zero-order valence-corrected chi connectivity index (χ0v) is 11.9. The van der Waals surface area contributed by atoms with Gasteiger partial charge in [-0.1, -0.05) is 6.07 Å². The van der Waals surface area contributed by atoms with Crippen molar-refractivity contribution in [2.45, 2.75) is 19.4 Å². The largest absolute Gasteiger partial charge is 0.316 e. The molecular formula is C13H20BrN3. The molecule has 0 bridgehead atoms. The van der Waals surface area contributed by atoms with Gasteiger partial charge in [0.2, 0.25) is 0 Å². The van der Waals surface area contributed by atoms with Gasteiger partial charge in [0.25, 0.3) is 0 Å². The second kappa shape index (κ2) is 6.47. The van der Waals surface area contributed by atoms with E-state index in [-0.39, 0.29) is 0 Å². The van der Waals surface area contributed by atoms with Gasteiger partial charge in [-0.2, -0.15) is 0 Å². The topological polar surface area (TPSA) is 28.2 Å². The van der Waals surface area contributed by atoms with Crippen molar-refractivity contribution in [1.82, 2.24) is 15.2 Å². The fourth-order valence-electron chi connectivity index (χ4n) is 2.40. The van der Waals surface area contributed by atoms with E-state index in [0.717, 1.165) is 17.1 Å². The smallest absolute Gasteiger partial charge is 0.106 e. The minimum Gasteiger partial charge on any atom is -0.316 e. The maximum atomic E-state index is 4.26. The summed E-state index contributed by atoms with van der Waals surface area (Å²) in [5.74, 6) is 0.803. The molecule has 4 heteroatoms. The first-order valence-corrected chi connectivity index (χ1v) is 7.03. The van der Waals surface area contributed by atoms with Crippen molar-refractivity contribution in [3.8, 4) is 0 Å². The van der Waals surface area contributed by atoms with Crippen molar-refractivity contribution >= 4 is 15.9 Å². The van der Waals surface area contributed by atoms with Gasteiger partial charge in [-0.05, 0) is 66.5 Å². The molecule has 1 aromatic rings. The predicted octanol–water partition coefficient (Wildman–Crippen LogP) is 2.28. The highest BCUT2D eigenvalue weighted by Crippen LogP contribution is 2.13. The minimum absolute atomic E-state index is 0.803. The van der Waals surface area contributed by atoms with Gasteiger partial charge in [0.05, 0.1) is 0 Å². The van der Waals surface area contributed by atoms with Crippen LogP contribution in [-0.2, 0) is 6.54 Å². The van der Waals surface area contributed by atoms with E-state index in [2.05, 4.69) is 44.2 Å². The summed E-state index contributed by atoms with van der Waals surface area (Å²) in [6.07, 6.45) is 4.62. The van der Waals surface area contributed by atoms with E-state index in [1.807, 2.05) is 12.3 Å². The van der Waals surface area contributed by atoms with E-state index in [1.54, 1.807) is 0 Å². The molecule has 17 heavy (non-hydrogen) atoms. The Kier molecular flexibility index (Phi) is 4.95. The molecule has 1 fully saturated rings. The summed E-state index contributed by atoms with van der Waals surface area (Å²) in [5.41, 5.74) is 1.28. The third-order valence-corrected chi connectivity index (χ3v) is 3.68. The summed E-state index contributed by atoms with van der Waals surface area (Å²) >= 11 is 3.36. The molecule has 3 nitrogen and oxygen atoms in total. The van der Waals surface area contributed by atoms with Gasteiger partial charge in [-0.3, -0.25) is 0 Å². The average Bonchev–Trinajstić information content (AvgIpc) is 2.33. The monoisotopic (exact) mass is 297 g/mol. The van der Waals surface area contributed by atoms with Gasteiger partial charge >= 0.3 is 0 Å². The van der Waals surface area contributed by atoms with Crippen LogP contribution in [0.4, 0.5) is 0 Å². The third-order valence-electron chi connectivity index (χ3n) is 3.21. The van der Waals surface area contributed by atoms with E-state index in [1.165, 1.54) is 38.0 Å². The lowest BCUT2D eigenvalue weighted by molar-refractivity contribution is 0.237. The fourth-order valence-corrected chi connectivity index (χ4v) is 2.63. The van der Waals surface area contributed by atoms with E-state index in [0.29, 0.717) is 0 Å². The molecule has 0 aromatic carbocycles. The summed E-state index contributed by atoms with van der Waals surface area (Å²) in [6.45, 7) is 4.51. The second-order valence-electron chi connectivity index (χ2n) is 4.90. The number of nitrogens with one attached hydrogen (secondary N) is 1. The van der Waals surface area contributed by atoms with Crippen LogP contribution in [0.15, 0.2) is 22.9 Å². The van der Waals surface area contributed by atoms with Crippen LogP contribution < -0.4 is 5.32 Å². The van der Waals surface area contributed by atoms with Crippen LogP contribution in [0.5, 0.6) is 0 Å². The molecule has 2 rings (SSSR count). The molecule has 1 saturated heterocycles. The molecule has 1 aliphatic rings. The standard InChI is InChI=1S/C13H20BrN3/c1-17(9-11-3-2-6-15-7-11)10-12-4-5-13(14)16-8-12/h4-5,8,11,15H,2-3,6-7,9-10H2,1H3. The molecule has 1 unspecified atom stereocenters. The Labute approximate surface area is 112 Å². The molecule has 1 atom stereocenters. The van der Waals surface area contributed by atoms with Crippen molar-refractivity contribution in [2.75, 3.05) is 26.7 Å². The Hall–Kier alpha value is -0.450. The van der Waals surface area contributed by atoms with Crippen LogP contribution in [0, 0.1) is 5.92 Å². The quantitative estimate of drug-likeness (QED) is 0.864. The van der Waals surface area contributed by atoms with E-state index in [4.69, 9.17) is 0 Å². The molecule has 0 radical (unpaired) electrons. The molecule has 1 aromatic heterocycles. The summed E-state index contributed by atoms with van der Waals surface area (Å²) in [6, 6.07) is 4.14. The molecule has 0 amide bonds. The number of piperidine rings is 1. The number of nitrogens with zero attached hydrogens (tertiary/aromatic N) is 2. The summed E-state index contributed by atoms with van der Waals surface area (Å²) < 4.78 is 0.903. The van der Waals surface area contributed by atoms with Crippen LogP contribution in [0.2, 0.25) is 0 Å². The highest BCUT2D eigenvalue weighted by atomic mass is 79.9. The summed E-state index contributed by atoms with van der Waals surface area (Å²) in [5, 5.41) is 3.47. The molecule has 0 saturated carbocycles. The fraction of sp³-hybridized carbons (Fsp3) is 0.615. The van der Waals surface area contributed by atoms with Crippen LogP contribution in [0.1, 0.15) is 18.4 Å². The third kappa shape index (κ3) is 4.37. The molecule has 94 valence electrons. The lowest BCUT2D eigenvalue weighted by Gasteiger charge is -2.27. The van der Waals surface area contributed by atoms with Crippen molar-refractivity contribution in [2.24, 2.45) is 5.92 Å². The Bertz CT molecular complexity index is 333. The van der Waals surface area contributed by atoms with Crippen LogP contribution in [0.25, 0.3) is 0 Å². The zero-order chi connectivity index (χ0) is 12.1. The first-order valence-electron chi connectivity index (χ1n) is 6.24. The summed E-state index contributed by atoms with van der Waals surface area (Å²) in [4.78, 5) is 6.65. The van der Waals surface area contributed by atoms with Crippen molar-refractivity contribution < 1.29 is 0 Å². The molecule has 1 aliphatic heterocycles. The number of rotatable bonds is 4. The Morgan fingerprint density at radius 3 is 3.06 bits per heavy atom. The molecule has 0 aliphatic carbocycles. The van der Waals surface area contributed by atoms with E-state index in [9.17, 15) is 0 Å². The van der Waals surface area contributed by atoms with Crippen LogP contribution in [0.3, 0.4) is 0 Å². The van der Waals surface area contributed by atoms with Crippen molar-refractivity contribution in [3.63, 3.8) is 0 Å². The number of hydrogen-bond donors (Lipinski definition) is 1. The normalized spacial score (nSPS) is 20.8. The minimum atomic E-state index is 0.803. The molecule has 2 heterocycles. The highest BCUT2D eigenvalue weighted by molar-refractivity contribution is 9.10. The second-order valence-corrected chi connectivity index (χ2v) is 5.71. The van der Waals surface area contributed by atoms with Gasteiger partial charge in [0.15, 0.2) is 0 Å². The molecule has 0 spiro atoms. The Balaban J connectivity index is 1.79. The van der Waals surface area contributed by atoms with Gasteiger partial charge in [-0.15, -0.1) is 0 Å². The van der Waals surface area contributed by atoms with Gasteiger partial charge in [0.1, 0.15) is 4.60 Å². The molecular weight excluding hydrogens is 278 g/mol. The lowest BCUT2D eigenvalue weighted by atomic mass is 9.99. The number of halogens is 1. The maximum absolute atomic E-state index is 4.26. The number of aromatic nitrogens is 1. The molecule has 1 N–H and O–H groups in total. The SMILES string of the molecule is CN(Cc1ccc(Br)nc1)CC1CCCNC1. The van der Waals surface area contributed by atoms with E-state index >= 15 is 0 Å². The van der Waals surface area contributed by atoms with Gasteiger partial charge in [-0.25, -0.2) is 4.98 Å². The van der Waals surface area contributed by atoms with Crippen LogP contribution in [-0.4, -0.2) is 36.6 Å². The summed E-state index contributed by atoms with van der Waals surface area (Å²) in [7, 11) is 2.19. The van der Waals surface area contributed by atoms with Gasteiger partial charge in [0, 0.05) is 19.3 Å². The van der Waals surface area contributed by atoms with Crippen LogP contribution >= 0.6 is 15.9 Å². The first kappa shape index (κ1) is 13.0. The number of pyridine rings is 1. The predicted molar refractivity (Wildman–Crippen MR) is 73.9 cm³/mol. The number of hydrogen-bond acceptors (Lipinski definition) is 3. The highest BCUT2D eigenvalue weighted by Gasteiger charge is 2.14. The first-order chi connectivity index (χ1) is 8.24. The van der Waals surface area contributed by atoms with Gasteiger partial charge < -0.3 is 10.2 Å². The Morgan fingerprint density at radius 2 is 2.41 bits per heavy atom. The lowest BCUT2D eigenvalue weighted by Crippen LogP contribution is -2.36.